The molecule has 0 amide bonds. The van der Waals surface area contributed by atoms with Crippen LogP contribution in [0.15, 0.2) is 24.3 Å². The number of fused-ring (bicyclic) bond motifs is 1. The zero-order chi connectivity index (χ0) is 13.3. The van der Waals surface area contributed by atoms with E-state index in [0.717, 1.165) is 23.7 Å². The molecule has 2 aromatic rings. The highest BCUT2D eigenvalue weighted by Gasteiger charge is 2.31. The Bertz CT molecular complexity index is 528. The topological polar surface area (TPSA) is 37.0 Å². The standard InChI is InChI=1S/C15H21N3S/c1-15(2)8-5-9-16-13(15)10-17-14-18-11-6-3-4-7-12(11)19-14/h3-4,6-7,13,16H,5,8-10H2,1-2H3,(H,17,18). The number of piperidine rings is 1. The van der Waals surface area contributed by atoms with E-state index < -0.39 is 0 Å². The molecule has 1 aromatic carbocycles. The van der Waals surface area contributed by atoms with Crippen LogP contribution in [0.25, 0.3) is 10.2 Å². The van der Waals surface area contributed by atoms with E-state index in [-0.39, 0.29) is 0 Å². The van der Waals surface area contributed by atoms with Crippen LogP contribution < -0.4 is 10.6 Å². The number of hydrogen-bond acceptors (Lipinski definition) is 4. The molecule has 2 heterocycles. The van der Waals surface area contributed by atoms with Crippen molar-refractivity contribution in [3.8, 4) is 0 Å². The van der Waals surface area contributed by atoms with Crippen LogP contribution in [-0.2, 0) is 0 Å². The lowest BCUT2D eigenvalue weighted by molar-refractivity contribution is 0.188. The summed E-state index contributed by atoms with van der Waals surface area (Å²) in [5.74, 6) is 0. The molecule has 1 saturated heterocycles. The molecule has 3 nitrogen and oxygen atoms in total. The highest BCUT2D eigenvalue weighted by Crippen LogP contribution is 2.31. The molecule has 3 rings (SSSR count). The van der Waals surface area contributed by atoms with Gasteiger partial charge in [0.2, 0.25) is 0 Å². The van der Waals surface area contributed by atoms with Crippen molar-refractivity contribution < 1.29 is 0 Å². The predicted octanol–water partition coefficient (Wildman–Crippen LogP) is 3.49. The average molecular weight is 275 g/mol. The maximum absolute atomic E-state index is 4.62. The SMILES string of the molecule is CC1(C)CCCNC1CNc1nc2ccccc2s1. The molecular formula is C15H21N3S. The third kappa shape index (κ3) is 2.74. The number of hydrogen-bond donors (Lipinski definition) is 2. The first kappa shape index (κ1) is 12.9. The number of nitrogens with zero attached hydrogens (tertiary/aromatic N) is 1. The summed E-state index contributed by atoms with van der Waals surface area (Å²) in [5, 5.41) is 8.16. The molecule has 1 fully saturated rings. The van der Waals surface area contributed by atoms with Crippen LogP contribution in [0.4, 0.5) is 5.13 Å². The van der Waals surface area contributed by atoms with Crippen molar-refractivity contribution in [1.29, 1.82) is 0 Å². The smallest absolute Gasteiger partial charge is 0.183 e. The highest BCUT2D eigenvalue weighted by molar-refractivity contribution is 7.22. The Balaban J connectivity index is 1.68. The second kappa shape index (κ2) is 5.10. The molecular weight excluding hydrogens is 254 g/mol. The second-order valence-electron chi connectivity index (χ2n) is 5.97. The fraction of sp³-hybridized carbons (Fsp3) is 0.533. The fourth-order valence-corrected chi connectivity index (χ4v) is 3.63. The van der Waals surface area contributed by atoms with Gasteiger partial charge in [0.1, 0.15) is 0 Å². The average Bonchev–Trinajstić information content (AvgIpc) is 2.79. The molecule has 1 unspecified atom stereocenters. The van der Waals surface area contributed by atoms with E-state index in [1.807, 2.05) is 6.07 Å². The van der Waals surface area contributed by atoms with E-state index in [0.29, 0.717) is 11.5 Å². The van der Waals surface area contributed by atoms with Gasteiger partial charge in [-0.2, -0.15) is 0 Å². The van der Waals surface area contributed by atoms with Gasteiger partial charge in [-0.1, -0.05) is 37.3 Å². The first-order valence-corrected chi connectivity index (χ1v) is 7.80. The molecule has 0 spiro atoms. The highest BCUT2D eigenvalue weighted by atomic mass is 32.1. The third-order valence-corrected chi connectivity index (χ3v) is 5.08. The Kier molecular flexibility index (Phi) is 3.46. The molecule has 0 aliphatic carbocycles. The van der Waals surface area contributed by atoms with Crippen molar-refractivity contribution in [2.24, 2.45) is 5.41 Å². The molecule has 1 aliphatic rings. The van der Waals surface area contributed by atoms with Gasteiger partial charge in [0.25, 0.3) is 0 Å². The minimum Gasteiger partial charge on any atom is -0.360 e. The van der Waals surface area contributed by atoms with Crippen LogP contribution in [0.2, 0.25) is 0 Å². The number of anilines is 1. The largest absolute Gasteiger partial charge is 0.360 e. The molecule has 2 N–H and O–H groups in total. The molecule has 4 heteroatoms. The zero-order valence-electron chi connectivity index (χ0n) is 11.6. The quantitative estimate of drug-likeness (QED) is 0.900. The number of aromatic nitrogens is 1. The maximum Gasteiger partial charge on any atom is 0.183 e. The Labute approximate surface area is 118 Å². The van der Waals surface area contributed by atoms with Gasteiger partial charge < -0.3 is 10.6 Å². The molecule has 19 heavy (non-hydrogen) atoms. The van der Waals surface area contributed by atoms with E-state index in [2.05, 4.69) is 47.7 Å². The number of para-hydroxylation sites is 1. The summed E-state index contributed by atoms with van der Waals surface area (Å²) >= 11 is 1.74. The molecule has 1 atom stereocenters. The second-order valence-corrected chi connectivity index (χ2v) is 7.00. The van der Waals surface area contributed by atoms with Gasteiger partial charge in [0, 0.05) is 12.6 Å². The summed E-state index contributed by atoms with van der Waals surface area (Å²) < 4.78 is 1.25. The van der Waals surface area contributed by atoms with E-state index in [1.54, 1.807) is 11.3 Å². The number of nitrogens with one attached hydrogen (secondary N) is 2. The minimum atomic E-state index is 0.363. The molecule has 0 radical (unpaired) electrons. The van der Waals surface area contributed by atoms with Gasteiger partial charge in [-0.05, 0) is 36.9 Å². The van der Waals surface area contributed by atoms with Crippen molar-refractivity contribution in [2.45, 2.75) is 32.7 Å². The van der Waals surface area contributed by atoms with Crippen LogP contribution >= 0.6 is 11.3 Å². The van der Waals surface area contributed by atoms with Crippen LogP contribution in [0.1, 0.15) is 26.7 Å². The molecule has 1 aliphatic heterocycles. The first-order valence-electron chi connectivity index (χ1n) is 6.98. The van der Waals surface area contributed by atoms with Gasteiger partial charge >= 0.3 is 0 Å². The van der Waals surface area contributed by atoms with Crippen LogP contribution in [0, 0.1) is 5.41 Å². The predicted molar refractivity (Wildman–Crippen MR) is 82.9 cm³/mol. The van der Waals surface area contributed by atoms with Crippen LogP contribution in [-0.4, -0.2) is 24.1 Å². The van der Waals surface area contributed by atoms with Gasteiger partial charge in [-0.25, -0.2) is 4.98 Å². The Morgan fingerprint density at radius 1 is 1.42 bits per heavy atom. The summed E-state index contributed by atoms with van der Waals surface area (Å²) in [6, 6.07) is 8.82. The minimum absolute atomic E-state index is 0.363. The lowest BCUT2D eigenvalue weighted by Gasteiger charge is -2.39. The van der Waals surface area contributed by atoms with Gasteiger partial charge in [-0.15, -0.1) is 0 Å². The molecule has 102 valence electrons. The lowest BCUT2D eigenvalue weighted by atomic mass is 9.77. The van der Waals surface area contributed by atoms with Gasteiger partial charge in [0.05, 0.1) is 10.2 Å². The van der Waals surface area contributed by atoms with Gasteiger partial charge in [0.15, 0.2) is 5.13 Å². The van der Waals surface area contributed by atoms with Gasteiger partial charge in [-0.3, -0.25) is 0 Å². The summed E-state index contributed by atoms with van der Waals surface area (Å²) in [6.45, 7) is 6.79. The zero-order valence-corrected chi connectivity index (χ0v) is 12.4. The Morgan fingerprint density at radius 2 is 2.26 bits per heavy atom. The summed E-state index contributed by atoms with van der Waals surface area (Å²) in [5.41, 5.74) is 1.45. The van der Waals surface area contributed by atoms with E-state index in [4.69, 9.17) is 0 Å². The first-order chi connectivity index (χ1) is 9.15. The van der Waals surface area contributed by atoms with Crippen molar-refractivity contribution in [3.05, 3.63) is 24.3 Å². The summed E-state index contributed by atoms with van der Waals surface area (Å²) in [7, 11) is 0. The van der Waals surface area contributed by atoms with E-state index in [9.17, 15) is 0 Å². The van der Waals surface area contributed by atoms with Crippen molar-refractivity contribution >= 4 is 26.7 Å². The lowest BCUT2D eigenvalue weighted by Crippen LogP contribution is -2.50. The summed E-state index contributed by atoms with van der Waals surface area (Å²) in [6.07, 6.45) is 2.58. The molecule has 1 aromatic heterocycles. The van der Waals surface area contributed by atoms with Crippen molar-refractivity contribution in [2.75, 3.05) is 18.4 Å². The van der Waals surface area contributed by atoms with E-state index >= 15 is 0 Å². The maximum atomic E-state index is 4.62. The number of benzene rings is 1. The summed E-state index contributed by atoms with van der Waals surface area (Å²) in [4.78, 5) is 4.62. The fourth-order valence-electron chi connectivity index (χ4n) is 2.76. The number of rotatable bonds is 3. The molecule has 0 bridgehead atoms. The normalized spacial score (nSPS) is 22.5. The third-order valence-electron chi connectivity index (χ3n) is 4.08. The Morgan fingerprint density at radius 3 is 3.05 bits per heavy atom. The number of thiazole rings is 1. The van der Waals surface area contributed by atoms with E-state index in [1.165, 1.54) is 17.5 Å². The van der Waals surface area contributed by atoms with Crippen molar-refractivity contribution in [1.82, 2.24) is 10.3 Å². The van der Waals surface area contributed by atoms with Crippen molar-refractivity contribution in [3.63, 3.8) is 0 Å². The monoisotopic (exact) mass is 275 g/mol. The molecule has 0 saturated carbocycles. The Hall–Kier alpha value is -1.13. The van der Waals surface area contributed by atoms with Crippen LogP contribution in [0.5, 0.6) is 0 Å². The van der Waals surface area contributed by atoms with Crippen LogP contribution in [0.3, 0.4) is 0 Å².